The normalized spacial score (nSPS) is 10.9. The van der Waals surface area contributed by atoms with Crippen molar-refractivity contribution in [3.05, 3.63) is 0 Å². The number of hydrogen-bond acceptors (Lipinski definition) is 4. The zero-order valence-corrected chi connectivity index (χ0v) is 13.3. The van der Waals surface area contributed by atoms with Crippen LogP contribution in [0.15, 0.2) is 0 Å². The predicted octanol–water partition coefficient (Wildman–Crippen LogP) is 3.62. The Morgan fingerprint density at radius 3 is 2.21 bits per heavy atom. The lowest BCUT2D eigenvalue weighted by Crippen LogP contribution is -2.07. The van der Waals surface area contributed by atoms with E-state index in [1.165, 1.54) is 14.2 Å². The first kappa shape index (κ1) is 18.7. The molecule has 0 aliphatic carbocycles. The molecular formula is C13H22ClO4P. The van der Waals surface area contributed by atoms with Crippen molar-refractivity contribution in [3.8, 4) is 11.8 Å². The highest BCUT2D eigenvalue weighted by atomic mass is 35.5. The van der Waals surface area contributed by atoms with E-state index in [1.54, 1.807) is 0 Å². The summed E-state index contributed by atoms with van der Waals surface area (Å²) in [7, 11) is -0.646. The Hall–Kier alpha value is -0.330. The maximum Gasteiger partial charge on any atom is 0.337 e. The first-order valence-electron chi connectivity index (χ1n) is 6.32. The second-order valence-electron chi connectivity index (χ2n) is 4.03. The lowest BCUT2D eigenvalue weighted by atomic mass is 10.2. The van der Waals surface area contributed by atoms with Gasteiger partial charge in [0.05, 0.1) is 0 Å². The third kappa shape index (κ3) is 10.2. The first-order valence-corrected chi connectivity index (χ1v) is 8.58. The molecule has 0 aromatic rings. The Morgan fingerprint density at radius 2 is 1.68 bits per heavy atom. The Labute approximate surface area is 120 Å². The van der Waals surface area contributed by atoms with E-state index in [1.807, 2.05) is 0 Å². The van der Waals surface area contributed by atoms with Gasteiger partial charge in [-0.3, -0.25) is 9.36 Å². The molecule has 6 heteroatoms. The van der Waals surface area contributed by atoms with Crippen LogP contribution in [0.2, 0.25) is 0 Å². The molecule has 0 fully saturated rings. The van der Waals surface area contributed by atoms with Crippen LogP contribution < -0.4 is 0 Å². The summed E-state index contributed by atoms with van der Waals surface area (Å²) in [5.74, 6) is 6.62. The zero-order valence-electron chi connectivity index (χ0n) is 11.6. The molecule has 0 radical (unpaired) electrons. The molecule has 0 spiro atoms. The summed E-state index contributed by atoms with van der Waals surface area (Å²) >= 11 is 5.55. The van der Waals surface area contributed by atoms with E-state index in [0.717, 1.165) is 19.3 Å². The molecule has 0 bridgehead atoms. The highest BCUT2D eigenvalue weighted by molar-refractivity contribution is 7.54. The summed E-state index contributed by atoms with van der Waals surface area (Å²) < 4.78 is 21.1. The molecule has 19 heavy (non-hydrogen) atoms. The van der Waals surface area contributed by atoms with E-state index in [2.05, 4.69) is 11.8 Å². The minimum absolute atomic E-state index is 0.115. The van der Waals surface area contributed by atoms with Crippen molar-refractivity contribution in [3.63, 3.8) is 0 Å². The molecule has 0 atom stereocenters. The quantitative estimate of drug-likeness (QED) is 0.268. The number of ketones is 1. The molecule has 0 amide bonds. The third-order valence-electron chi connectivity index (χ3n) is 2.49. The largest absolute Gasteiger partial charge is 0.337 e. The van der Waals surface area contributed by atoms with Gasteiger partial charge in [0.1, 0.15) is 11.9 Å². The SMILES string of the molecule is COP(=O)(CC(=O)CCCC#CCCCCCl)OC. The zero-order chi connectivity index (χ0) is 14.6. The molecule has 0 aliphatic rings. The minimum atomic E-state index is -3.21. The number of carbonyl (C=O) groups excluding carboxylic acids is 1. The molecule has 0 aliphatic heterocycles. The van der Waals surface area contributed by atoms with Crippen LogP contribution in [-0.2, 0) is 18.4 Å². The summed E-state index contributed by atoms with van der Waals surface area (Å²) in [5.41, 5.74) is 0. The molecule has 0 unspecified atom stereocenters. The van der Waals surface area contributed by atoms with Gasteiger partial charge in [-0.1, -0.05) is 0 Å². The smallest absolute Gasteiger partial charge is 0.312 e. The number of hydrogen-bond donors (Lipinski definition) is 0. The molecule has 0 rings (SSSR count). The second kappa shape index (κ2) is 11.5. The van der Waals surface area contributed by atoms with Crippen molar-refractivity contribution < 1.29 is 18.4 Å². The van der Waals surface area contributed by atoms with E-state index in [9.17, 15) is 9.36 Å². The fourth-order valence-electron chi connectivity index (χ4n) is 1.36. The lowest BCUT2D eigenvalue weighted by molar-refractivity contribution is -0.117. The van der Waals surface area contributed by atoms with Crippen molar-refractivity contribution in [1.82, 2.24) is 0 Å². The molecule has 0 saturated carbocycles. The minimum Gasteiger partial charge on any atom is -0.312 e. The number of carbonyl (C=O) groups is 1. The first-order chi connectivity index (χ1) is 9.08. The Kier molecular flexibility index (Phi) is 11.3. The van der Waals surface area contributed by atoms with Crippen LogP contribution in [-0.4, -0.2) is 32.0 Å². The fourth-order valence-corrected chi connectivity index (χ4v) is 2.54. The van der Waals surface area contributed by atoms with Gasteiger partial charge >= 0.3 is 7.60 Å². The van der Waals surface area contributed by atoms with Crippen molar-refractivity contribution in [2.45, 2.75) is 38.5 Å². The standard InChI is InChI=1S/C13H22ClO4P/c1-17-19(16,18-2)12-13(15)10-8-6-4-3-5-7-9-11-14/h5-12H2,1-2H3. The van der Waals surface area contributed by atoms with E-state index in [4.69, 9.17) is 20.6 Å². The average molecular weight is 309 g/mol. The predicted molar refractivity (Wildman–Crippen MR) is 77.7 cm³/mol. The molecule has 0 N–H and O–H groups in total. The monoisotopic (exact) mass is 308 g/mol. The summed E-state index contributed by atoms with van der Waals surface area (Å²) in [6.07, 6.45) is 4.39. The summed E-state index contributed by atoms with van der Waals surface area (Å²) in [5, 5.41) is 0. The van der Waals surface area contributed by atoms with Crippen LogP contribution in [0.5, 0.6) is 0 Å². The number of Topliss-reactive ketones (excluding diaryl/α,β-unsaturated/α-hetero) is 1. The van der Waals surface area contributed by atoms with Gasteiger partial charge in [0.25, 0.3) is 0 Å². The number of alkyl halides is 1. The molecule has 4 nitrogen and oxygen atoms in total. The Bertz CT molecular complexity index is 351. The average Bonchev–Trinajstić information content (AvgIpc) is 2.41. The highest BCUT2D eigenvalue weighted by Gasteiger charge is 2.24. The number of halogens is 1. The van der Waals surface area contributed by atoms with Gasteiger partial charge in [-0.15, -0.1) is 23.4 Å². The van der Waals surface area contributed by atoms with Crippen LogP contribution in [0.3, 0.4) is 0 Å². The molecule has 0 aromatic carbocycles. The van der Waals surface area contributed by atoms with Gasteiger partial charge in [0.15, 0.2) is 0 Å². The Balaban J connectivity index is 3.72. The number of unbranched alkanes of at least 4 members (excludes halogenated alkanes) is 3. The molecule has 110 valence electrons. The maximum atomic E-state index is 11.7. The molecule has 0 aromatic heterocycles. The summed E-state index contributed by atoms with van der Waals surface area (Å²) in [4.78, 5) is 11.6. The van der Waals surface area contributed by atoms with Crippen LogP contribution in [0.1, 0.15) is 38.5 Å². The van der Waals surface area contributed by atoms with Gasteiger partial charge in [-0.25, -0.2) is 0 Å². The van der Waals surface area contributed by atoms with E-state index in [-0.39, 0.29) is 11.9 Å². The van der Waals surface area contributed by atoms with Crippen LogP contribution in [0, 0.1) is 11.8 Å². The summed E-state index contributed by atoms with van der Waals surface area (Å²) in [6.45, 7) is 0. The lowest BCUT2D eigenvalue weighted by Gasteiger charge is -2.11. The van der Waals surface area contributed by atoms with E-state index in [0.29, 0.717) is 25.1 Å². The van der Waals surface area contributed by atoms with Gasteiger partial charge in [0, 0.05) is 39.4 Å². The van der Waals surface area contributed by atoms with Crippen LogP contribution in [0.4, 0.5) is 0 Å². The van der Waals surface area contributed by atoms with Gasteiger partial charge in [-0.05, 0) is 19.3 Å². The second-order valence-corrected chi connectivity index (χ2v) is 6.67. The molecule has 0 heterocycles. The Morgan fingerprint density at radius 1 is 1.11 bits per heavy atom. The van der Waals surface area contributed by atoms with E-state index < -0.39 is 7.60 Å². The topological polar surface area (TPSA) is 52.6 Å². The van der Waals surface area contributed by atoms with Gasteiger partial charge < -0.3 is 9.05 Å². The molecular weight excluding hydrogens is 287 g/mol. The van der Waals surface area contributed by atoms with Gasteiger partial charge in [-0.2, -0.15) is 0 Å². The maximum absolute atomic E-state index is 11.7. The fraction of sp³-hybridized carbons (Fsp3) is 0.769. The molecule has 0 saturated heterocycles. The van der Waals surface area contributed by atoms with Crippen molar-refractivity contribution in [2.24, 2.45) is 0 Å². The summed E-state index contributed by atoms with van der Waals surface area (Å²) in [6, 6.07) is 0. The van der Waals surface area contributed by atoms with Crippen molar-refractivity contribution >= 4 is 25.0 Å². The van der Waals surface area contributed by atoms with Crippen molar-refractivity contribution in [1.29, 1.82) is 0 Å². The van der Waals surface area contributed by atoms with Gasteiger partial charge in [0.2, 0.25) is 0 Å². The van der Waals surface area contributed by atoms with Crippen molar-refractivity contribution in [2.75, 3.05) is 26.3 Å². The third-order valence-corrected chi connectivity index (χ3v) is 4.61. The number of rotatable bonds is 10. The highest BCUT2D eigenvalue weighted by Crippen LogP contribution is 2.46. The van der Waals surface area contributed by atoms with Crippen LogP contribution in [0.25, 0.3) is 0 Å². The van der Waals surface area contributed by atoms with E-state index >= 15 is 0 Å². The van der Waals surface area contributed by atoms with Crippen LogP contribution >= 0.6 is 19.2 Å².